The molecule has 3 rings (SSSR count). The topological polar surface area (TPSA) is 34.9 Å². The van der Waals surface area contributed by atoms with Gasteiger partial charge in [0.15, 0.2) is 5.78 Å². The molecular formula is C10H12N2O. The highest BCUT2D eigenvalue weighted by molar-refractivity contribution is 5.97. The smallest absolute Gasteiger partial charge is 0.183 e. The second-order valence-electron chi connectivity index (χ2n) is 4.16. The highest BCUT2D eigenvalue weighted by atomic mass is 16.1. The Morgan fingerprint density at radius 1 is 1.38 bits per heavy atom. The molecule has 13 heavy (non-hydrogen) atoms. The van der Waals surface area contributed by atoms with Gasteiger partial charge in [-0.25, -0.2) is 0 Å². The van der Waals surface area contributed by atoms with Crippen molar-refractivity contribution in [3.63, 3.8) is 0 Å². The lowest BCUT2D eigenvalue weighted by molar-refractivity contribution is 0.0969. The summed E-state index contributed by atoms with van der Waals surface area (Å²) in [7, 11) is 0. The molecule has 0 unspecified atom stereocenters. The van der Waals surface area contributed by atoms with E-state index >= 15 is 0 Å². The lowest BCUT2D eigenvalue weighted by atomic mass is 9.95. The van der Waals surface area contributed by atoms with Crippen LogP contribution in [0.1, 0.15) is 42.6 Å². The predicted molar refractivity (Wildman–Crippen MR) is 47.6 cm³/mol. The molecule has 1 aliphatic carbocycles. The first-order valence-corrected chi connectivity index (χ1v) is 4.90. The number of hydrogen-bond donors (Lipinski definition) is 0. The molecule has 2 heterocycles. The summed E-state index contributed by atoms with van der Waals surface area (Å²) in [6.07, 6.45) is 7.18. The summed E-state index contributed by atoms with van der Waals surface area (Å²) in [4.78, 5) is 11.6. The quantitative estimate of drug-likeness (QED) is 0.603. The zero-order valence-electron chi connectivity index (χ0n) is 7.49. The number of carbonyl (C=O) groups is 1. The Morgan fingerprint density at radius 2 is 2.15 bits per heavy atom. The average molecular weight is 176 g/mol. The number of carbonyl (C=O) groups excluding carboxylic acids is 1. The van der Waals surface area contributed by atoms with Gasteiger partial charge in [0.05, 0.1) is 5.54 Å². The first-order valence-electron chi connectivity index (χ1n) is 4.90. The van der Waals surface area contributed by atoms with Crippen LogP contribution < -0.4 is 0 Å². The summed E-state index contributed by atoms with van der Waals surface area (Å²) < 4.78 is 1.97. The Hall–Kier alpha value is -1.12. The minimum atomic E-state index is 0.0793. The molecule has 68 valence electrons. The summed E-state index contributed by atoms with van der Waals surface area (Å²) >= 11 is 0. The van der Waals surface area contributed by atoms with E-state index in [1.807, 2.05) is 10.7 Å². The van der Waals surface area contributed by atoms with Gasteiger partial charge in [-0.2, -0.15) is 5.10 Å². The molecule has 1 spiro atoms. The van der Waals surface area contributed by atoms with Crippen molar-refractivity contribution in [1.82, 2.24) is 9.78 Å². The van der Waals surface area contributed by atoms with Crippen molar-refractivity contribution in [1.29, 1.82) is 0 Å². The molecule has 1 aromatic rings. The maximum Gasteiger partial charge on any atom is 0.183 e. The normalized spacial score (nSPS) is 24.2. The van der Waals surface area contributed by atoms with Gasteiger partial charge in [-0.1, -0.05) is 12.8 Å². The largest absolute Gasteiger partial charge is 0.292 e. The van der Waals surface area contributed by atoms with E-state index in [4.69, 9.17) is 0 Å². The summed E-state index contributed by atoms with van der Waals surface area (Å²) in [5.41, 5.74) is 0.900. The lowest BCUT2D eigenvalue weighted by Gasteiger charge is -2.22. The van der Waals surface area contributed by atoms with E-state index in [0.717, 1.165) is 18.5 Å². The van der Waals surface area contributed by atoms with Gasteiger partial charge in [0.2, 0.25) is 0 Å². The van der Waals surface area contributed by atoms with Crippen LogP contribution in [0.15, 0.2) is 12.3 Å². The van der Waals surface area contributed by atoms with Crippen molar-refractivity contribution in [2.24, 2.45) is 0 Å². The number of nitrogens with zero attached hydrogens (tertiary/aromatic N) is 2. The molecule has 3 nitrogen and oxygen atoms in total. The van der Waals surface area contributed by atoms with E-state index < -0.39 is 0 Å². The molecule has 0 radical (unpaired) electrons. The van der Waals surface area contributed by atoms with Crippen LogP contribution >= 0.6 is 0 Å². The SMILES string of the molecule is O=C1CC2(CCCC2)n2nccc21. The number of ketones is 1. The summed E-state index contributed by atoms with van der Waals surface area (Å²) in [5, 5.41) is 4.28. The molecule has 0 atom stereocenters. The van der Waals surface area contributed by atoms with Crippen LogP contribution in [0.4, 0.5) is 0 Å². The van der Waals surface area contributed by atoms with E-state index in [1.165, 1.54) is 12.8 Å². The number of Topliss-reactive ketones (excluding diaryl/α,β-unsaturated/α-hetero) is 1. The highest BCUT2D eigenvalue weighted by Crippen LogP contribution is 2.44. The third kappa shape index (κ3) is 0.794. The molecule has 0 amide bonds. The monoisotopic (exact) mass is 176 g/mol. The Balaban J connectivity index is 2.16. The van der Waals surface area contributed by atoms with Crippen molar-refractivity contribution < 1.29 is 4.79 Å². The highest BCUT2D eigenvalue weighted by Gasteiger charge is 2.45. The molecule has 0 saturated heterocycles. The van der Waals surface area contributed by atoms with Crippen LogP contribution in [0.25, 0.3) is 0 Å². The fourth-order valence-corrected chi connectivity index (χ4v) is 2.78. The van der Waals surface area contributed by atoms with Crippen molar-refractivity contribution in [2.75, 3.05) is 0 Å². The minimum Gasteiger partial charge on any atom is -0.292 e. The third-order valence-corrected chi connectivity index (χ3v) is 3.40. The molecule has 1 fully saturated rings. The molecule has 1 aromatic heterocycles. The van der Waals surface area contributed by atoms with Gasteiger partial charge in [0.1, 0.15) is 5.69 Å². The van der Waals surface area contributed by atoms with Gasteiger partial charge < -0.3 is 0 Å². The van der Waals surface area contributed by atoms with E-state index in [9.17, 15) is 4.79 Å². The first-order chi connectivity index (χ1) is 6.32. The standard InChI is InChI=1S/C10H12N2O/c13-9-7-10(4-1-2-5-10)12-8(9)3-6-11-12/h3,6H,1-2,4-5,7H2. The molecule has 3 heteroatoms. The van der Waals surface area contributed by atoms with Crippen molar-refractivity contribution >= 4 is 5.78 Å². The first kappa shape index (κ1) is 7.30. The van der Waals surface area contributed by atoms with Crippen molar-refractivity contribution in [2.45, 2.75) is 37.6 Å². The van der Waals surface area contributed by atoms with Crippen LogP contribution in [0.3, 0.4) is 0 Å². The zero-order chi connectivity index (χ0) is 8.89. The van der Waals surface area contributed by atoms with Gasteiger partial charge in [-0.15, -0.1) is 0 Å². The van der Waals surface area contributed by atoms with Crippen LogP contribution in [-0.2, 0) is 5.54 Å². The van der Waals surface area contributed by atoms with Crippen LogP contribution in [-0.4, -0.2) is 15.6 Å². The Bertz CT molecular complexity index is 361. The van der Waals surface area contributed by atoms with E-state index in [-0.39, 0.29) is 11.3 Å². The van der Waals surface area contributed by atoms with Gasteiger partial charge in [0.25, 0.3) is 0 Å². The summed E-state index contributed by atoms with van der Waals surface area (Å²) in [5.74, 6) is 0.277. The molecular weight excluding hydrogens is 164 g/mol. The summed E-state index contributed by atoms with van der Waals surface area (Å²) in [6.45, 7) is 0. The van der Waals surface area contributed by atoms with Gasteiger partial charge >= 0.3 is 0 Å². The number of fused-ring (bicyclic) bond motifs is 2. The van der Waals surface area contributed by atoms with Crippen LogP contribution in [0, 0.1) is 0 Å². The molecule has 1 aliphatic heterocycles. The molecule has 0 aromatic carbocycles. The second-order valence-corrected chi connectivity index (χ2v) is 4.16. The van der Waals surface area contributed by atoms with Crippen LogP contribution in [0.2, 0.25) is 0 Å². The fraction of sp³-hybridized carbons (Fsp3) is 0.600. The maximum absolute atomic E-state index is 11.6. The predicted octanol–water partition coefficient (Wildman–Crippen LogP) is 1.74. The lowest BCUT2D eigenvalue weighted by Crippen LogP contribution is -2.27. The molecule has 1 saturated carbocycles. The number of aromatic nitrogens is 2. The van der Waals surface area contributed by atoms with E-state index in [2.05, 4.69) is 5.10 Å². The number of rotatable bonds is 0. The number of hydrogen-bond acceptors (Lipinski definition) is 2. The van der Waals surface area contributed by atoms with E-state index in [1.54, 1.807) is 6.20 Å². The average Bonchev–Trinajstić information content (AvgIpc) is 2.74. The Kier molecular flexibility index (Phi) is 1.25. The molecule has 0 N–H and O–H groups in total. The Labute approximate surface area is 76.7 Å². The van der Waals surface area contributed by atoms with Crippen molar-refractivity contribution in [3.05, 3.63) is 18.0 Å². The fourth-order valence-electron chi connectivity index (χ4n) is 2.78. The van der Waals surface area contributed by atoms with Gasteiger partial charge in [-0.3, -0.25) is 9.48 Å². The molecule has 0 bridgehead atoms. The maximum atomic E-state index is 11.6. The zero-order valence-corrected chi connectivity index (χ0v) is 7.49. The second kappa shape index (κ2) is 2.22. The molecule has 2 aliphatic rings. The Morgan fingerprint density at radius 3 is 2.92 bits per heavy atom. The van der Waals surface area contributed by atoms with Gasteiger partial charge in [-0.05, 0) is 18.9 Å². The van der Waals surface area contributed by atoms with Crippen LogP contribution in [0.5, 0.6) is 0 Å². The van der Waals surface area contributed by atoms with Crippen molar-refractivity contribution in [3.8, 4) is 0 Å². The third-order valence-electron chi connectivity index (χ3n) is 3.40. The summed E-state index contributed by atoms with van der Waals surface area (Å²) in [6, 6.07) is 1.84. The minimum absolute atomic E-state index is 0.0793. The van der Waals surface area contributed by atoms with E-state index in [0.29, 0.717) is 6.42 Å². The van der Waals surface area contributed by atoms with Gasteiger partial charge in [0, 0.05) is 12.6 Å².